The van der Waals surface area contributed by atoms with Gasteiger partial charge >= 0.3 is 0 Å². The fourth-order valence-electron chi connectivity index (χ4n) is 2.16. The van der Waals surface area contributed by atoms with E-state index in [2.05, 4.69) is 5.32 Å². The fourth-order valence-corrected chi connectivity index (χ4v) is 3.37. The average Bonchev–Trinajstić information content (AvgIpc) is 2.57. The van der Waals surface area contributed by atoms with Crippen molar-refractivity contribution in [1.82, 2.24) is 0 Å². The lowest BCUT2D eigenvalue weighted by atomic mass is 10.1. The van der Waals surface area contributed by atoms with Gasteiger partial charge in [-0.3, -0.25) is 4.79 Å². The minimum Gasteiger partial charge on any atom is -0.360 e. The Morgan fingerprint density at radius 1 is 1.09 bits per heavy atom. The number of allylic oxidation sites excluding steroid dienone is 1. The average molecular weight is 338 g/mol. The summed E-state index contributed by atoms with van der Waals surface area (Å²) in [4.78, 5) is 12.6. The maximum atomic E-state index is 12.6. The van der Waals surface area contributed by atoms with Crippen LogP contribution in [0.3, 0.4) is 0 Å². The summed E-state index contributed by atoms with van der Waals surface area (Å²) in [6, 6.07) is 14.1. The van der Waals surface area contributed by atoms with E-state index in [1.807, 2.05) is 12.1 Å². The first-order valence-corrected chi connectivity index (χ1v) is 7.75. The number of halogens is 1. The summed E-state index contributed by atoms with van der Waals surface area (Å²) in [6.45, 7) is 0. The van der Waals surface area contributed by atoms with E-state index in [4.69, 9.17) is 22.1 Å². The largest absolute Gasteiger partial charge is 0.360 e. The van der Waals surface area contributed by atoms with Crippen molar-refractivity contribution in [1.29, 1.82) is 10.5 Å². The molecule has 0 fully saturated rings. The highest BCUT2D eigenvalue weighted by Gasteiger charge is 2.07. The van der Waals surface area contributed by atoms with Gasteiger partial charge in [0.1, 0.15) is 17.7 Å². The molecular formula is C17H8ClN3OS. The van der Waals surface area contributed by atoms with Gasteiger partial charge in [-0.1, -0.05) is 11.6 Å². The van der Waals surface area contributed by atoms with Crippen molar-refractivity contribution in [3.63, 3.8) is 0 Å². The Kier molecular flexibility index (Phi) is 3.99. The van der Waals surface area contributed by atoms with Crippen LogP contribution in [0.2, 0.25) is 5.02 Å². The Morgan fingerprint density at radius 2 is 1.74 bits per heavy atom. The molecule has 2 aromatic carbocycles. The monoisotopic (exact) mass is 337 g/mol. The van der Waals surface area contributed by atoms with E-state index < -0.39 is 0 Å². The molecule has 6 heteroatoms. The lowest BCUT2D eigenvalue weighted by Crippen LogP contribution is -2.01. The number of nitrogens with one attached hydrogen (secondary N) is 1. The van der Waals surface area contributed by atoms with Crippen LogP contribution in [0.1, 0.15) is 0 Å². The van der Waals surface area contributed by atoms with Crippen molar-refractivity contribution >= 4 is 48.8 Å². The standard InChI is InChI=1S/C17H8ClN3OS/c18-11-1-3-15-13(5-11)17(22)14-6-12(2-4-16(14)23-15)21-9-10(7-19)8-20/h1-6,9,21H. The van der Waals surface area contributed by atoms with E-state index in [0.717, 1.165) is 9.40 Å². The minimum absolute atomic E-state index is 0.0412. The number of anilines is 1. The number of nitriles is 2. The molecule has 0 radical (unpaired) electrons. The van der Waals surface area contributed by atoms with Gasteiger partial charge in [0.05, 0.1) is 0 Å². The van der Waals surface area contributed by atoms with Crippen molar-refractivity contribution in [2.45, 2.75) is 0 Å². The van der Waals surface area contributed by atoms with Crippen molar-refractivity contribution in [2.24, 2.45) is 0 Å². The van der Waals surface area contributed by atoms with Crippen LogP contribution in [-0.2, 0) is 0 Å². The third-order valence-electron chi connectivity index (χ3n) is 3.25. The van der Waals surface area contributed by atoms with Gasteiger partial charge in [-0.25, -0.2) is 0 Å². The molecule has 0 aliphatic rings. The number of benzene rings is 2. The Bertz CT molecular complexity index is 1090. The number of hydrogen-bond acceptors (Lipinski definition) is 5. The first-order chi connectivity index (χ1) is 11.1. The molecule has 1 heterocycles. The maximum absolute atomic E-state index is 12.6. The van der Waals surface area contributed by atoms with E-state index in [0.29, 0.717) is 21.5 Å². The van der Waals surface area contributed by atoms with E-state index in [1.165, 1.54) is 17.5 Å². The predicted molar refractivity (Wildman–Crippen MR) is 93.5 cm³/mol. The molecule has 0 aliphatic heterocycles. The molecular weight excluding hydrogens is 330 g/mol. The molecule has 1 N–H and O–H groups in total. The third-order valence-corrected chi connectivity index (χ3v) is 4.64. The van der Waals surface area contributed by atoms with E-state index >= 15 is 0 Å². The van der Waals surface area contributed by atoms with E-state index in [1.54, 1.807) is 36.4 Å². The smallest absolute Gasteiger partial charge is 0.195 e. The Labute approximate surface area is 140 Å². The first kappa shape index (κ1) is 15.1. The van der Waals surface area contributed by atoms with Crippen LogP contribution in [0.25, 0.3) is 20.2 Å². The highest BCUT2D eigenvalue weighted by molar-refractivity contribution is 7.24. The summed E-state index contributed by atoms with van der Waals surface area (Å²) < 4.78 is 1.74. The van der Waals surface area contributed by atoms with Gasteiger partial charge in [0, 0.05) is 37.1 Å². The first-order valence-electron chi connectivity index (χ1n) is 6.55. The Hall–Kier alpha value is -2.86. The van der Waals surface area contributed by atoms with Crippen LogP contribution in [-0.4, -0.2) is 0 Å². The van der Waals surface area contributed by atoms with Gasteiger partial charge in [0.15, 0.2) is 5.43 Å². The van der Waals surface area contributed by atoms with Crippen LogP contribution in [0.4, 0.5) is 5.69 Å². The van der Waals surface area contributed by atoms with Gasteiger partial charge < -0.3 is 5.32 Å². The number of fused-ring (bicyclic) bond motifs is 2. The molecule has 0 saturated carbocycles. The molecule has 0 bridgehead atoms. The fraction of sp³-hybridized carbons (Fsp3) is 0. The summed E-state index contributed by atoms with van der Waals surface area (Å²) in [5.74, 6) is 0. The molecule has 0 saturated heterocycles. The molecule has 110 valence electrons. The molecule has 0 amide bonds. The lowest BCUT2D eigenvalue weighted by Gasteiger charge is -2.05. The zero-order chi connectivity index (χ0) is 16.4. The highest BCUT2D eigenvalue weighted by Crippen LogP contribution is 2.28. The van der Waals surface area contributed by atoms with Gasteiger partial charge in [-0.15, -0.1) is 11.3 Å². The summed E-state index contributed by atoms with van der Waals surface area (Å²) in [6.07, 6.45) is 1.31. The van der Waals surface area contributed by atoms with Crippen LogP contribution in [0, 0.1) is 22.7 Å². The van der Waals surface area contributed by atoms with Crippen LogP contribution >= 0.6 is 22.9 Å². The zero-order valence-corrected chi connectivity index (χ0v) is 13.2. The second-order valence-corrected chi connectivity index (χ2v) is 6.23. The minimum atomic E-state index is -0.0929. The van der Waals surface area contributed by atoms with E-state index in [9.17, 15) is 4.79 Å². The summed E-state index contributed by atoms with van der Waals surface area (Å²) in [7, 11) is 0. The van der Waals surface area contributed by atoms with Gasteiger partial charge in [-0.05, 0) is 36.4 Å². The van der Waals surface area contributed by atoms with Crippen LogP contribution in [0.5, 0.6) is 0 Å². The van der Waals surface area contributed by atoms with Crippen LogP contribution < -0.4 is 10.7 Å². The molecule has 3 rings (SSSR count). The van der Waals surface area contributed by atoms with E-state index in [-0.39, 0.29) is 11.0 Å². The van der Waals surface area contributed by atoms with Crippen molar-refractivity contribution in [2.75, 3.05) is 5.32 Å². The molecule has 0 spiro atoms. The second kappa shape index (κ2) is 6.10. The Balaban J connectivity index is 2.16. The van der Waals surface area contributed by atoms with Gasteiger partial charge in [0.25, 0.3) is 0 Å². The highest BCUT2D eigenvalue weighted by atomic mass is 35.5. The Morgan fingerprint density at radius 3 is 2.43 bits per heavy atom. The molecule has 3 aromatic rings. The maximum Gasteiger partial charge on any atom is 0.195 e. The summed E-state index contributed by atoms with van der Waals surface area (Å²) in [5, 5.41) is 22.0. The molecule has 0 aliphatic carbocycles. The molecule has 23 heavy (non-hydrogen) atoms. The topological polar surface area (TPSA) is 76.7 Å². The lowest BCUT2D eigenvalue weighted by molar-refractivity contribution is 1.45. The van der Waals surface area contributed by atoms with Crippen LogP contribution in [0.15, 0.2) is 53.0 Å². The van der Waals surface area contributed by atoms with Crippen molar-refractivity contribution in [3.8, 4) is 12.1 Å². The number of rotatable bonds is 2. The summed E-state index contributed by atoms with van der Waals surface area (Å²) in [5.41, 5.74) is 0.497. The quantitative estimate of drug-likeness (QED) is 0.555. The third kappa shape index (κ3) is 2.89. The number of nitrogens with zero attached hydrogens (tertiary/aromatic N) is 2. The molecule has 0 atom stereocenters. The molecule has 0 unspecified atom stereocenters. The van der Waals surface area contributed by atoms with Gasteiger partial charge in [-0.2, -0.15) is 10.5 Å². The molecule has 4 nitrogen and oxygen atoms in total. The van der Waals surface area contributed by atoms with Crippen molar-refractivity contribution in [3.05, 3.63) is 63.4 Å². The normalized spacial score (nSPS) is 10.0. The summed E-state index contributed by atoms with van der Waals surface area (Å²) >= 11 is 7.48. The second-order valence-electron chi connectivity index (χ2n) is 4.71. The zero-order valence-electron chi connectivity index (χ0n) is 11.6. The SMILES string of the molecule is N#CC(C#N)=CNc1ccc2sc3ccc(Cl)cc3c(=O)c2c1. The van der Waals surface area contributed by atoms with Gasteiger partial charge in [0.2, 0.25) is 0 Å². The van der Waals surface area contributed by atoms with Crippen molar-refractivity contribution < 1.29 is 0 Å². The predicted octanol–water partition coefficient (Wildman–Crippen LogP) is 4.41. The molecule has 1 aromatic heterocycles. The number of hydrogen-bond donors (Lipinski definition) is 1.